The zero-order chi connectivity index (χ0) is 80.8. The van der Waals surface area contributed by atoms with E-state index in [1.807, 2.05) is 0 Å². The number of carbonyl (C=O) groups excluding carboxylic acids is 2. The SMILES string of the molecule is CCCCCCCCCCCCCC1CCN(CCCNC(=O)CCC2=C(C)c3cc4cc(CC)c(cc5[nH]c(cc6nc(cc2n3)C(CCC(=O)NCCCN2CCCN(C)CCCCN(C)CCCN(C)C(CCCCCCCCCCCCC)CC2)=C6C)c(CC)c5C)[nH]4)CCCN(C)CCCCN(C)CCCN1C. The van der Waals surface area contributed by atoms with Gasteiger partial charge in [0.05, 0.1) is 22.8 Å². The molecule has 2 fully saturated rings. The molecule has 4 N–H and O–H groups in total. The van der Waals surface area contributed by atoms with Crippen molar-refractivity contribution < 1.29 is 9.59 Å². The highest BCUT2D eigenvalue weighted by molar-refractivity contribution is 5.97. The molecular weight excluding hydrogens is 1390 g/mol. The maximum absolute atomic E-state index is 14.3. The lowest BCUT2D eigenvalue weighted by Crippen LogP contribution is -2.38. The number of hydrogen-bond acceptors (Lipinski definition) is 12. The van der Waals surface area contributed by atoms with Crippen LogP contribution in [0.15, 0.2) is 30.3 Å². The van der Waals surface area contributed by atoms with Crippen LogP contribution >= 0.6 is 0 Å². The summed E-state index contributed by atoms with van der Waals surface area (Å²) in [5.41, 5.74) is 15.9. The summed E-state index contributed by atoms with van der Waals surface area (Å²) in [7, 11) is 14.1. The second kappa shape index (κ2) is 55.8. The number of aryl methyl sites for hydroxylation is 3. The zero-order valence-electron chi connectivity index (χ0n) is 75.3. The summed E-state index contributed by atoms with van der Waals surface area (Å²) in [6.07, 6.45) is 50.6. The molecule has 640 valence electrons. The number of H-pyrrole nitrogens is 2. The Morgan fingerprint density at radius 1 is 0.389 bits per heavy atom. The first-order valence-electron chi connectivity index (χ1n) is 47.2. The number of aromatic amines is 2. The van der Waals surface area contributed by atoms with Crippen molar-refractivity contribution in [2.24, 2.45) is 0 Å². The van der Waals surface area contributed by atoms with Crippen LogP contribution in [0.25, 0.3) is 44.4 Å². The zero-order valence-corrected chi connectivity index (χ0v) is 75.3. The van der Waals surface area contributed by atoms with Crippen LogP contribution in [0.2, 0.25) is 0 Å². The lowest BCUT2D eigenvalue weighted by molar-refractivity contribution is -0.121. The Bertz CT molecular complexity index is 3370. The largest absolute Gasteiger partial charge is 0.356 e. The lowest BCUT2D eigenvalue weighted by atomic mass is 9.98. The molecule has 0 radical (unpaired) electrons. The van der Waals surface area contributed by atoms with Crippen molar-refractivity contribution in [2.75, 3.05) is 160 Å². The van der Waals surface area contributed by atoms with Crippen LogP contribution in [0.5, 0.6) is 0 Å². The molecule has 16 heteroatoms. The third kappa shape index (κ3) is 36.1. The van der Waals surface area contributed by atoms with Crippen molar-refractivity contribution in [1.82, 2.24) is 69.8 Å². The van der Waals surface area contributed by atoms with E-state index in [1.165, 1.54) is 248 Å². The van der Waals surface area contributed by atoms with Gasteiger partial charge >= 0.3 is 0 Å². The first-order valence-corrected chi connectivity index (χ1v) is 47.2. The number of unbranched alkanes of at least 4 members (excludes halogenated alkanes) is 20. The molecule has 3 aromatic rings. The number of fused-ring (bicyclic) bond motifs is 8. The second-order valence-electron chi connectivity index (χ2n) is 35.6. The number of hydrogen-bond donors (Lipinski definition) is 4. The topological polar surface area (TPSA) is 141 Å². The molecule has 16 nitrogen and oxygen atoms in total. The van der Waals surface area contributed by atoms with Crippen molar-refractivity contribution in [3.63, 3.8) is 0 Å². The number of aromatic nitrogens is 4. The molecule has 7 rings (SSSR count). The Hall–Kier alpha value is -4.78. The van der Waals surface area contributed by atoms with E-state index in [4.69, 9.17) is 9.97 Å². The minimum Gasteiger partial charge on any atom is -0.356 e. The van der Waals surface area contributed by atoms with Crippen LogP contribution in [-0.2, 0) is 22.4 Å². The molecule has 4 aliphatic rings. The van der Waals surface area contributed by atoms with E-state index in [2.05, 4.69) is 181 Å². The van der Waals surface area contributed by atoms with Crippen molar-refractivity contribution in [3.8, 4) is 0 Å². The molecule has 2 saturated heterocycles. The normalized spacial score (nSPS) is 19.2. The molecule has 0 aliphatic carbocycles. The summed E-state index contributed by atoms with van der Waals surface area (Å²) in [6, 6.07) is 12.3. The molecule has 2 amide bonds. The van der Waals surface area contributed by atoms with Crippen LogP contribution in [0.4, 0.5) is 0 Å². The van der Waals surface area contributed by atoms with Gasteiger partial charge in [0.25, 0.3) is 0 Å². The highest BCUT2D eigenvalue weighted by atomic mass is 16.2. The van der Waals surface area contributed by atoms with E-state index in [9.17, 15) is 9.59 Å². The van der Waals surface area contributed by atoms with Gasteiger partial charge in [-0.1, -0.05) is 169 Å². The summed E-state index contributed by atoms with van der Waals surface area (Å²) < 4.78 is 0. The number of nitrogens with zero attached hydrogens (tertiary/aromatic N) is 10. The van der Waals surface area contributed by atoms with Gasteiger partial charge < -0.3 is 59.8 Å². The summed E-state index contributed by atoms with van der Waals surface area (Å²) >= 11 is 0. The number of amides is 2. The molecule has 2 unspecified atom stereocenters. The van der Waals surface area contributed by atoms with Gasteiger partial charge in [0.1, 0.15) is 0 Å². The van der Waals surface area contributed by atoms with E-state index in [1.54, 1.807) is 0 Å². The predicted octanol–water partition coefficient (Wildman–Crippen LogP) is 20.4. The fourth-order valence-corrected chi connectivity index (χ4v) is 18.4. The fraction of sp³-hybridized carbons (Fsp3) is 0.773. The maximum atomic E-state index is 14.3. The molecule has 4 aliphatic heterocycles. The van der Waals surface area contributed by atoms with Gasteiger partial charge in [-0.25, -0.2) is 9.97 Å². The highest BCUT2D eigenvalue weighted by Gasteiger charge is 2.25. The molecule has 0 aromatic carbocycles. The Morgan fingerprint density at radius 3 is 1.19 bits per heavy atom. The first-order chi connectivity index (χ1) is 55.0. The van der Waals surface area contributed by atoms with Gasteiger partial charge in [0.15, 0.2) is 0 Å². The standard InChI is InChI=1S/C97H170N14O2/c1-14-18-20-22-24-26-28-30-32-34-36-48-84-54-72-110(70-46-64-106(10)60-40-38-58-104(8)62-44-66-108(84)12)68-42-56-98-96(112)52-50-87-80(6)89-75-83-74-82(16-3)92(100-83)76-90-79(5)86(17-4)93(102-90)77-91-81(7)88(95(103-91)78-94(87)101-89)51-53-97(113)99-57-43-69-111-71-47-65-107(11)61-41-39-59-105(9)63-45-67-109(13)85(55-73-111)49-37-35-33-31-29-27-25-23-21-19-15-2/h74-78,84-85,100,102H,14-73H2,1-13H3,(H,98,112)(H,99,113). The fourth-order valence-electron chi connectivity index (χ4n) is 18.4. The van der Waals surface area contributed by atoms with Gasteiger partial charge in [-0.15, -0.1) is 0 Å². The van der Waals surface area contributed by atoms with Crippen molar-refractivity contribution in [2.45, 2.75) is 330 Å². The summed E-state index contributed by atoms with van der Waals surface area (Å²) in [6.45, 7) is 34.9. The molecule has 0 spiro atoms. The van der Waals surface area contributed by atoms with Crippen molar-refractivity contribution in [3.05, 3.63) is 69.8 Å². The van der Waals surface area contributed by atoms with E-state index >= 15 is 0 Å². The van der Waals surface area contributed by atoms with Gasteiger partial charge in [-0.2, -0.15) is 0 Å². The van der Waals surface area contributed by atoms with Gasteiger partial charge in [0, 0.05) is 60.1 Å². The first kappa shape index (κ1) is 95.4. The third-order valence-electron chi connectivity index (χ3n) is 26.1. The molecule has 2 atom stereocenters. The molecule has 0 saturated carbocycles. The molecule has 7 heterocycles. The van der Waals surface area contributed by atoms with Crippen LogP contribution in [0, 0.1) is 6.92 Å². The van der Waals surface area contributed by atoms with Crippen molar-refractivity contribution in [1.29, 1.82) is 0 Å². The van der Waals surface area contributed by atoms with E-state index in [-0.39, 0.29) is 11.8 Å². The molecule has 113 heavy (non-hydrogen) atoms. The highest BCUT2D eigenvalue weighted by Crippen LogP contribution is 2.38. The monoisotopic (exact) mass is 1560 g/mol. The summed E-state index contributed by atoms with van der Waals surface area (Å²) in [5, 5.41) is 6.81. The number of rotatable bonds is 40. The Labute approximate surface area is 691 Å². The van der Waals surface area contributed by atoms with Gasteiger partial charge in [-0.3, -0.25) is 9.59 Å². The third-order valence-corrected chi connectivity index (χ3v) is 26.1. The minimum atomic E-state index is 0.0819. The average molecular weight is 1560 g/mol. The Morgan fingerprint density at radius 2 is 0.779 bits per heavy atom. The molecule has 3 aromatic heterocycles. The quantitative estimate of drug-likeness (QED) is 0.0403. The van der Waals surface area contributed by atoms with Crippen LogP contribution in [0.3, 0.4) is 0 Å². The molecule has 8 bridgehead atoms. The number of carbonyl (C=O) groups is 2. The van der Waals surface area contributed by atoms with E-state index < -0.39 is 0 Å². The predicted molar refractivity (Wildman–Crippen MR) is 487 cm³/mol. The Balaban J connectivity index is 1.02. The second-order valence-corrected chi connectivity index (χ2v) is 35.6. The van der Waals surface area contributed by atoms with Crippen molar-refractivity contribution >= 4 is 56.2 Å². The van der Waals surface area contributed by atoms with Crippen LogP contribution < -0.4 is 10.6 Å². The van der Waals surface area contributed by atoms with Crippen LogP contribution in [0.1, 0.15) is 338 Å². The molecular formula is C97H170N14O2. The van der Waals surface area contributed by atoms with Gasteiger partial charge in [0.2, 0.25) is 11.8 Å². The lowest BCUT2D eigenvalue weighted by Gasteiger charge is -2.32. The minimum absolute atomic E-state index is 0.0819. The van der Waals surface area contributed by atoms with Gasteiger partial charge in [-0.05, 0) is 353 Å². The smallest absolute Gasteiger partial charge is 0.220 e. The summed E-state index contributed by atoms with van der Waals surface area (Å²) in [4.78, 5) is 68.2. The van der Waals surface area contributed by atoms with E-state index in [0.29, 0.717) is 50.9 Å². The number of allylic oxidation sites excluding steroid dienone is 4. The van der Waals surface area contributed by atoms with Crippen LogP contribution in [-0.4, -0.2) is 243 Å². The number of nitrogens with one attached hydrogen (secondary N) is 4. The Kier molecular flexibility index (Phi) is 47.1. The summed E-state index contributed by atoms with van der Waals surface area (Å²) in [5.74, 6) is 0.165. The maximum Gasteiger partial charge on any atom is 0.220 e. The average Bonchev–Trinajstić information content (AvgIpc) is 1.63. The van der Waals surface area contributed by atoms with E-state index in [0.717, 1.165) is 184 Å².